The minimum Gasteiger partial charge on any atom is -0.506 e. The topological polar surface area (TPSA) is 109 Å². The van der Waals surface area contributed by atoms with E-state index in [0.717, 1.165) is 0 Å². The summed E-state index contributed by atoms with van der Waals surface area (Å²) in [5.41, 5.74) is -0.0579. The second-order valence-electron chi connectivity index (χ2n) is 3.73. The maximum Gasteiger partial charge on any atom is 0.271 e. The lowest BCUT2D eigenvalue weighted by atomic mass is 10.2. The van der Waals surface area contributed by atoms with Gasteiger partial charge in [-0.1, -0.05) is 0 Å². The molecule has 0 aliphatic carbocycles. The number of nitrogens with zero attached hydrogens (tertiary/aromatic N) is 3. The summed E-state index contributed by atoms with van der Waals surface area (Å²) < 4.78 is 0.179. The molecule has 0 aliphatic heterocycles. The molecule has 7 nitrogen and oxygen atoms in total. The molecule has 102 valence electrons. The minimum absolute atomic E-state index is 0.0505. The zero-order valence-electron chi connectivity index (χ0n) is 9.89. The number of pyridine rings is 1. The van der Waals surface area contributed by atoms with Crippen molar-refractivity contribution in [1.29, 1.82) is 0 Å². The lowest BCUT2D eigenvalue weighted by Crippen LogP contribution is -1.92. The van der Waals surface area contributed by atoms with Crippen LogP contribution in [0.2, 0.25) is 0 Å². The summed E-state index contributed by atoms with van der Waals surface area (Å²) >= 11 is 3.02. The molecule has 1 aromatic carbocycles. The van der Waals surface area contributed by atoms with Crippen LogP contribution in [0.5, 0.6) is 11.5 Å². The van der Waals surface area contributed by atoms with Crippen LogP contribution in [0.3, 0.4) is 0 Å². The van der Waals surface area contributed by atoms with E-state index < -0.39 is 4.92 Å². The van der Waals surface area contributed by atoms with Crippen molar-refractivity contribution in [3.63, 3.8) is 0 Å². The quantitative estimate of drug-likeness (QED) is 0.508. The molecule has 0 spiro atoms. The maximum absolute atomic E-state index is 10.8. The van der Waals surface area contributed by atoms with E-state index in [-0.39, 0.29) is 33.0 Å². The highest BCUT2D eigenvalue weighted by molar-refractivity contribution is 9.10. The zero-order chi connectivity index (χ0) is 14.7. The van der Waals surface area contributed by atoms with Crippen LogP contribution in [0, 0.1) is 10.1 Å². The molecule has 0 radical (unpaired) electrons. The van der Waals surface area contributed by atoms with Gasteiger partial charge in [0.15, 0.2) is 11.6 Å². The Hall–Kier alpha value is -2.48. The van der Waals surface area contributed by atoms with Crippen LogP contribution in [0.25, 0.3) is 0 Å². The average molecular weight is 338 g/mol. The number of non-ortho nitro benzene ring substituents is 1. The molecule has 0 unspecified atom stereocenters. The summed E-state index contributed by atoms with van der Waals surface area (Å²) in [5.74, 6) is -0.267. The van der Waals surface area contributed by atoms with E-state index in [2.05, 4.69) is 25.9 Å². The van der Waals surface area contributed by atoms with Crippen LogP contribution in [-0.4, -0.2) is 26.3 Å². The SMILES string of the molecule is O=[N+]([O-])c1cc(Br)c(O)c(C=Nc2ncccc2O)c1. The van der Waals surface area contributed by atoms with Gasteiger partial charge in [0.1, 0.15) is 5.75 Å². The highest BCUT2D eigenvalue weighted by atomic mass is 79.9. The predicted molar refractivity (Wildman–Crippen MR) is 75.6 cm³/mol. The fourth-order valence-corrected chi connectivity index (χ4v) is 1.89. The number of aliphatic imine (C=N–C) groups is 1. The lowest BCUT2D eigenvalue weighted by molar-refractivity contribution is -0.385. The van der Waals surface area contributed by atoms with Gasteiger partial charge in [-0.05, 0) is 28.1 Å². The second-order valence-corrected chi connectivity index (χ2v) is 4.58. The van der Waals surface area contributed by atoms with Crippen molar-refractivity contribution in [3.8, 4) is 11.5 Å². The van der Waals surface area contributed by atoms with Crippen molar-refractivity contribution in [2.75, 3.05) is 0 Å². The van der Waals surface area contributed by atoms with E-state index in [1.165, 1.54) is 36.7 Å². The first-order valence-electron chi connectivity index (χ1n) is 5.34. The van der Waals surface area contributed by atoms with Crippen LogP contribution in [0.15, 0.2) is 39.9 Å². The number of aromatic hydroxyl groups is 2. The molecule has 0 saturated heterocycles. The number of phenols is 1. The van der Waals surface area contributed by atoms with Gasteiger partial charge in [-0.2, -0.15) is 0 Å². The number of hydrogen-bond acceptors (Lipinski definition) is 6. The average Bonchev–Trinajstić information content (AvgIpc) is 2.41. The van der Waals surface area contributed by atoms with Crippen molar-refractivity contribution >= 4 is 33.6 Å². The molecule has 1 heterocycles. The van der Waals surface area contributed by atoms with Gasteiger partial charge >= 0.3 is 0 Å². The summed E-state index contributed by atoms with van der Waals surface area (Å²) in [6, 6.07) is 5.30. The summed E-state index contributed by atoms with van der Waals surface area (Å²) in [7, 11) is 0. The van der Waals surface area contributed by atoms with Crippen molar-refractivity contribution in [2.24, 2.45) is 4.99 Å². The van der Waals surface area contributed by atoms with Crippen LogP contribution in [0.4, 0.5) is 11.5 Å². The Bertz CT molecular complexity index is 703. The Balaban J connectivity index is 2.43. The third kappa shape index (κ3) is 2.91. The van der Waals surface area contributed by atoms with Gasteiger partial charge in [0.2, 0.25) is 0 Å². The molecule has 2 N–H and O–H groups in total. The van der Waals surface area contributed by atoms with Crippen molar-refractivity contribution in [1.82, 2.24) is 4.98 Å². The molecular weight excluding hydrogens is 330 g/mol. The molecule has 2 rings (SSSR count). The lowest BCUT2D eigenvalue weighted by Gasteiger charge is -2.02. The van der Waals surface area contributed by atoms with Gasteiger partial charge in [0.25, 0.3) is 5.69 Å². The third-order valence-electron chi connectivity index (χ3n) is 2.38. The highest BCUT2D eigenvalue weighted by Crippen LogP contribution is 2.32. The number of phenolic OH excluding ortho intramolecular Hbond substituents is 1. The van der Waals surface area contributed by atoms with E-state index in [0.29, 0.717) is 0 Å². The molecule has 2 aromatic rings. The maximum atomic E-state index is 10.8. The first-order chi connectivity index (χ1) is 9.49. The monoisotopic (exact) mass is 337 g/mol. The summed E-state index contributed by atoms with van der Waals surface area (Å²) in [5, 5.41) is 30.1. The first-order valence-corrected chi connectivity index (χ1v) is 6.13. The van der Waals surface area contributed by atoms with E-state index in [1.807, 2.05) is 0 Å². The van der Waals surface area contributed by atoms with Crippen LogP contribution in [-0.2, 0) is 0 Å². The summed E-state index contributed by atoms with van der Waals surface area (Å²) in [6.45, 7) is 0. The molecule has 20 heavy (non-hydrogen) atoms. The molecule has 0 saturated carbocycles. The fourth-order valence-electron chi connectivity index (χ4n) is 1.43. The van der Waals surface area contributed by atoms with Gasteiger partial charge in [-0.3, -0.25) is 10.1 Å². The number of hydrogen-bond donors (Lipinski definition) is 2. The normalized spacial score (nSPS) is 10.8. The molecule has 0 aliphatic rings. The highest BCUT2D eigenvalue weighted by Gasteiger charge is 2.13. The van der Waals surface area contributed by atoms with Crippen molar-refractivity contribution in [3.05, 3.63) is 50.6 Å². The largest absolute Gasteiger partial charge is 0.506 e. The Morgan fingerprint density at radius 2 is 2.15 bits per heavy atom. The predicted octanol–water partition coefficient (Wildman–Crippen LogP) is 2.91. The van der Waals surface area contributed by atoms with Crippen LogP contribution < -0.4 is 0 Å². The van der Waals surface area contributed by atoms with Gasteiger partial charge in [-0.15, -0.1) is 0 Å². The fraction of sp³-hybridized carbons (Fsp3) is 0. The second kappa shape index (κ2) is 5.66. The first kappa shape index (κ1) is 13.9. The molecule has 1 aromatic heterocycles. The number of halogens is 1. The van der Waals surface area contributed by atoms with E-state index in [4.69, 9.17) is 0 Å². The number of rotatable bonds is 3. The van der Waals surface area contributed by atoms with E-state index in [9.17, 15) is 20.3 Å². The number of aromatic nitrogens is 1. The smallest absolute Gasteiger partial charge is 0.271 e. The third-order valence-corrected chi connectivity index (χ3v) is 2.98. The standard InChI is InChI=1S/C12H8BrN3O4/c13-9-5-8(16(19)20)4-7(11(9)18)6-15-12-10(17)2-1-3-14-12/h1-6,17-18H. The van der Waals surface area contributed by atoms with E-state index in [1.54, 1.807) is 0 Å². The Kier molecular flexibility index (Phi) is 3.94. The Morgan fingerprint density at radius 3 is 2.80 bits per heavy atom. The Morgan fingerprint density at radius 1 is 1.40 bits per heavy atom. The van der Waals surface area contributed by atoms with Crippen LogP contribution in [0.1, 0.15) is 5.56 Å². The summed E-state index contributed by atoms with van der Waals surface area (Å²) in [6.07, 6.45) is 2.63. The summed E-state index contributed by atoms with van der Waals surface area (Å²) in [4.78, 5) is 17.9. The number of nitro groups is 1. The van der Waals surface area contributed by atoms with Crippen molar-refractivity contribution in [2.45, 2.75) is 0 Å². The molecule has 0 atom stereocenters. The number of benzene rings is 1. The zero-order valence-corrected chi connectivity index (χ0v) is 11.5. The van der Waals surface area contributed by atoms with Gasteiger partial charge < -0.3 is 10.2 Å². The van der Waals surface area contributed by atoms with Gasteiger partial charge in [0.05, 0.1) is 9.40 Å². The molecule has 0 fully saturated rings. The minimum atomic E-state index is -0.584. The molecule has 8 heteroatoms. The molecule has 0 bridgehead atoms. The van der Waals surface area contributed by atoms with Gasteiger partial charge in [0, 0.05) is 30.1 Å². The Labute approximate surface area is 121 Å². The molecule has 0 amide bonds. The van der Waals surface area contributed by atoms with Crippen molar-refractivity contribution < 1.29 is 15.1 Å². The molecular formula is C12H8BrN3O4. The van der Waals surface area contributed by atoms with Gasteiger partial charge in [-0.25, -0.2) is 9.98 Å². The van der Waals surface area contributed by atoms with Crippen LogP contribution >= 0.6 is 15.9 Å². The number of nitro benzene ring substituents is 1. The van der Waals surface area contributed by atoms with E-state index >= 15 is 0 Å².